The monoisotopic (exact) mass is 704 g/mol. The van der Waals surface area contributed by atoms with Gasteiger partial charge in [-0.25, -0.2) is 0 Å². The van der Waals surface area contributed by atoms with Crippen LogP contribution in [0.2, 0.25) is 0 Å². The molecule has 0 spiro atoms. The smallest absolute Gasteiger partial charge is 0.422 e. The number of alkyl halides is 3. The maximum atomic E-state index is 12.7. The fourth-order valence-electron chi connectivity index (χ4n) is 4.92. The lowest BCUT2D eigenvalue weighted by molar-refractivity contribution is -0.153. The molecule has 0 bridgehead atoms. The number of ether oxygens (including phenoxy) is 2. The zero-order valence-electron chi connectivity index (χ0n) is 27.2. The number of amides is 1. The highest BCUT2D eigenvalue weighted by atomic mass is 35.5. The van der Waals surface area contributed by atoms with Gasteiger partial charge in [0.2, 0.25) is 5.91 Å². The Bertz CT molecular complexity index is 1260. The summed E-state index contributed by atoms with van der Waals surface area (Å²) in [7, 11) is -4.69. The first-order valence-electron chi connectivity index (χ1n) is 16.4. The summed E-state index contributed by atoms with van der Waals surface area (Å²) >= 11 is 5.87. The van der Waals surface area contributed by atoms with E-state index in [2.05, 4.69) is 17.2 Å². The van der Waals surface area contributed by atoms with Crippen LogP contribution in [0.3, 0.4) is 0 Å². The van der Waals surface area contributed by atoms with Gasteiger partial charge in [-0.15, -0.1) is 0 Å². The molecule has 1 heterocycles. The summed E-state index contributed by atoms with van der Waals surface area (Å²) in [6.45, 7) is 0.808. The van der Waals surface area contributed by atoms with Gasteiger partial charge in [0.1, 0.15) is 22.9 Å². The summed E-state index contributed by atoms with van der Waals surface area (Å²) in [6.07, 6.45) is 14.2. The molecule has 3 N–H and O–H groups in total. The van der Waals surface area contributed by atoms with E-state index in [4.69, 9.17) is 21.1 Å². The quantitative estimate of drug-likeness (QED) is 0.0736. The highest BCUT2D eigenvalue weighted by Crippen LogP contribution is 2.47. The van der Waals surface area contributed by atoms with E-state index in [-0.39, 0.29) is 24.7 Å². The third kappa shape index (κ3) is 19.7. The highest BCUT2D eigenvalue weighted by Gasteiger charge is 2.28. The largest absolute Gasteiger partial charge is 0.487 e. The van der Waals surface area contributed by atoms with Crippen LogP contribution in [0.25, 0.3) is 0 Å². The van der Waals surface area contributed by atoms with E-state index in [1.807, 2.05) is 0 Å². The number of unbranched alkanes of at least 4 members (excludes halogenated alkanes) is 12. The average Bonchev–Trinajstić information content (AvgIpc) is 3.01. The second-order valence-electron chi connectivity index (χ2n) is 11.7. The van der Waals surface area contributed by atoms with E-state index in [0.29, 0.717) is 17.9 Å². The molecule has 1 atom stereocenters. The Morgan fingerprint density at radius 3 is 2.04 bits per heavy atom. The molecule has 0 saturated heterocycles. The fraction of sp³-hybridized carbons (Fsp3) is 0.588. The molecule has 1 amide bonds. The number of halogens is 4. The lowest BCUT2D eigenvalue weighted by Crippen LogP contribution is -2.35. The maximum Gasteiger partial charge on any atom is 0.422 e. The normalized spacial score (nSPS) is 13.0. The predicted molar refractivity (Wildman–Crippen MR) is 178 cm³/mol. The lowest BCUT2D eigenvalue weighted by atomic mass is 10.0. The second kappa shape index (κ2) is 22.1. The van der Waals surface area contributed by atoms with Crippen molar-refractivity contribution >= 4 is 25.1 Å². The third-order valence-electron chi connectivity index (χ3n) is 7.43. The van der Waals surface area contributed by atoms with Gasteiger partial charge in [-0.3, -0.25) is 14.3 Å². The van der Waals surface area contributed by atoms with Crippen LogP contribution >= 0.6 is 19.2 Å². The number of nitrogens with one attached hydrogen (secondary N) is 1. The minimum absolute atomic E-state index is 0.0128. The van der Waals surface area contributed by atoms with Crippen LogP contribution in [0.4, 0.5) is 13.2 Å². The first-order valence-corrected chi connectivity index (χ1v) is 18.4. The van der Waals surface area contributed by atoms with E-state index in [1.165, 1.54) is 82.2 Å². The molecule has 13 heteroatoms. The van der Waals surface area contributed by atoms with Crippen molar-refractivity contribution in [1.29, 1.82) is 0 Å². The summed E-state index contributed by atoms with van der Waals surface area (Å²) in [5.74, 6) is 0.262. The first kappa shape index (κ1) is 40.6. The summed E-state index contributed by atoms with van der Waals surface area (Å²) < 4.78 is 58.7. The Morgan fingerprint density at radius 2 is 1.49 bits per heavy atom. The van der Waals surface area contributed by atoms with Crippen LogP contribution in [-0.2, 0) is 22.4 Å². The van der Waals surface area contributed by atoms with E-state index >= 15 is 0 Å². The number of benzene rings is 1. The van der Waals surface area contributed by atoms with Crippen LogP contribution < -0.4 is 14.8 Å². The number of hydrogen-bond donors (Lipinski definition) is 3. The van der Waals surface area contributed by atoms with Crippen LogP contribution in [0.5, 0.6) is 11.5 Å². The Balaban J connectivity index is 1.79. The van der Waals surface area contributed by atoms with Gasteiger partial charge in [-0.2, -0.15) is 13.2 Å². The number of carbonyl (C=O) groups is 1. The Kier molecular flexibility index (Phi) is 19.1. The molecule has 0 saturated carbocycles. The Morgan fingerprint density at radius 1 is 0.915 bits per heavy atom. The maximum absolute atomic E-state index is 12.7. The van der Waals surface area contributed by atoms with Gasteiger partial charge in [-0.05, 0) is 42.7 Å². The fourth-order valence-corrected chi connectivity index (χ4v) is 5.45. The molecule has 0 fully saturated rings. The van der Waals surface area contributed by atoms with Crippen molar-refractivity contribution in [2.75, 3.05) is 6.61 Å². The highest BCUT2D eigenvalue weighted by molar-refractivity contribution is 7.59. The van der Waals surface area contributed by atoms with Gasteiger partial charge in [-0.1, -0.05) is 108 Å². The van der Waals surface area contributed by atoms with Gasteiger partial charge < -0.3 is 24.6 Å². The van der Waals surface area contributed by atoms with Gasteiger partial charge >= 0.3 is 13.8 Å². The number of aromatic nitrogens is 1. The SMILES string of the molecule is CCCCCCCCCCCCCCCC(=O)NC(C=C(Cl)P(=O)(O)O)Cc1ccc(OCc2cc(OCC(F)(F)F)ccn2)cc1. The molecule has 47 heavy (non-hydrogen) atoms. The van der Waals surface area contributed by atoms with Crippen LogP contribution in [0.15, 0.2) is 53.4 Å². The summed E-state index contributed by atoms with van der Waals surface area (Å²) in [4.78, 5) is 35.7. The molecular formula is C34H49ClF3N2O6P. The van der Waals surface area contributed by atoms with Crippen molar-refractivity contribution in [1.82, 2.24) is 10.3 Å². The number of nitrogens with zero attached hydrogens (tertiary/aromatic N) is 1. The van der Waals surface area contributed by atoms with Gasteiger partial charge in [0.05, 0.1) is 11.7 Å². The topological polar surface area (TPSA) is 118 Å². The van der Waals surface area contributed by atoms with Crippen molar-refractivity contribution in [3.8, 4) is 11.5 Å². The van der Waals surface area contributed by atoms with Crippen molar-refractivity contribution in [2.24, 2.45) is 0 Å². The van der Waals surface area contributed by atoms with E-state index < -0.39 is 31.2 Å². The molecule has 0 aliphatic carbocycles. The summed E-state index contributed by atoms with van der Waals surface area (Å²) in [5.41, 5.74) is 1.12. The minimum Gasteiger partial charge on any atom is -0.487 e. The van der Waals surface area contributed by atoms with Crippen LogP contribution in [0, 0.1) is 0 Å². The standard InChI is InChI=1S/C34H49ClF3N2O6P/c1-2-3-4-5-6-7-8-9-10-11-12-13-14-15-33(41)40-28(24-32(35)47(42,43)44)22-27-16-18-30(19-17-27)45-25-29-23-31(20-21-39-29)46-26-34(36,37)38/h16-21,23-24,28H,2-15,22,25-26H2,1H3,(H,40,41)(H2,42,43,44). The Labute approximate surface area is 281 Å². The molecule has 2 rings (SSSR count). The van der Waals surface area contributed by atoms with E-state index in [0.717, 1.165) is 31.2 Å². The number of carbonyl (C=O) groups excluding carboxylic acids is 1. The molecule has 0 aliphatic heterocycles. The van der Waals surface area contributed by atoms with Gasteiger partial charge in [0, 0.05) is 18.7 Å². The molecule has 0 radical (unpaired) electrons. The molecule has 8 nitrogen and oxygen atoms in total. The lowest BCUT2D eigenvalue weighted by Gasteiger charge is -2.17. The van der Waals surface area contributed by atoms with Crippen molar-refractivity contribution in [3.05, 3.63) is 64.7 Å². The minimum atomic E-state index is -4.69. The molecular weight excluding hydrogens is 656 g/mol. The zero-order chi connectivity index (χ0) is 34.5. The number of pyridine rings is 1. The predicted octanol–water partition coefficient (Wildman–Crippen LogP) is 9.37. The molecule has 1 unspecified atom stereocenters. The molecule has 0 aliphatic rings. The zero-order valence-corrected chi connectivity index (χ0v) is 28.8. The molecule has 1 aromatic heterocycles. The van der Waals surface area contributed by atoms with Gasteiger partial charge in [0.15, 0.2) is 6.61 Å². The van der Waals surface area contributed by atoms with E-state index in [1.54, 1.807) is 24.3 Å². The number of rotatable bonds is 24. The second-order valence-corrected chi connectivity index (χ2v) is 14.0. The first-order chi connectivity index (χ1) is 22.4. The van der Waals surface area contributed by atoms with Crippen LogP contribution in [-0.4, -0.2) is 39.5 Å². The third-order valence-corrected chi connectivity index (χ3v) is 8.92. The van der Waals surface area contributed by atoms with Gasteiger partial charge in [0.25, 0.3) is 0 Å². The Hall–Kier alpha value is -2.59. The molecule has 1 aromatic carbocycles. The van der Waals surface area contributed by atoms with Crippen LogP contribution in [0.1, 0.15) is 108 Å². The summed E-state index contributed by atoms with van der Waals surface area (Å²) in [6, 6.07) is 8.74. The average molecular weight is 705 g/mol. The van der Waals surface area contributed by atoms with Crippen molar-refractivity contribution in [3.63, 3.8) is 0 Å². The molecule has 2 aromatic rings. The summed E-state index contributed by atoms with van der Waals surface area (Å²) in [5, 5.41) is 2.83. The molecule has 264 valence electrons. The van der Waals surface area contributed by atoms with Crippen molar-refractivity contribution < 1.29 is 41.8 Å². The number of hydrogen-bond acceptors (Lipinski definition) is 5. The van der Waals surface area contributed by atoms with E-state index in [9.17, 15) is 32.3 Å². The van der Waals surface area contributed by atoms with Crippen molar-refractivity contribution in [2.45, 2.75) is 122 Å².